The van der Waals surface area contributed by atoms with Crippen molar-refractivity contribution in [3.8, 4) is 0 Å². The second-order valence-electron chi connectivity index (χ2n) is 5.51. The van der Waals surface area contributed by atoms with Crippen LogP contribution in [-0.4, -0.2) is 23.4 Å². The summed E-state index contributed by atoms with van der Waals surface area (Å²) in [5, 5.41) is 0. The Bertz CT molecular complexity index is 450. The Hall–Kier alpha value is -1.51. The maximum Gasteiger partial charge on any atom is 0.254 e. The fourth-order valence-corrected chi connectivity index (χ4v) is 2.15. The highest BCUT2D eigenvalue weighted by molar-refractivity contribution is 5.97. The monoisotopic (exact) mass is 246 g/mol. The third-order valence-electron chi connectivity index (χ3n) is 3.64. The van der Waals surface area contributed by atoms with Crippen LogP contribution in [0.3, 0.4) is 0 Å². The number of carbonyl (C=O) groups excluding carboxylic acids is 1. The van der Waals surface area contributed by atoms with E-state index in [0.29, 0.717) is 11.6 Å². The summed E-state index contributed by atoms with van der Waals surface area (Å²) in [5.74, 6) is 0.819. The number of hydrogen-bond acceptors (Lipinski definition) is 2. The van der Waals surface area contributed by atoms with Crippen LogP contribution in [0.4, 0.5) is 5.69 Å². The lowest BCUT2D eigenvalue weighted by Crippen LogP contribution is -2.38. The van der Waals surface area contributed by atoms with Crippen LogP contribution in [0.25, 0.3) is 0 Å². The van der Waals surface area contributed by atoms with E-state index in [2.05, 4.69) is 13.8 Å². The molecule has 1 saturated carbocycles. The molecule has 0 aromatic heterocycles. The number of nitrogens with two attached hydrogens (primary N) is 1. The largest absolute Gasteiger partial charge is 0.398 e. The van der Waals surface area contributed by atoms with Gasteiger partial charge >= 0.3 is 0 Å². The molecule has 0 radical (unpaired) electrons. The molecular weight excluding hydrogens is 224 g/mol. The molecule has 1 fully saturated rings. The van der Waals surface area contributed by atoms with Crippen molar-refractivity contribution in [3.63, 3.8) is 0 Å². The number of nitrogens with zero attached hydrogens (tertiary/aromatic N) is 1. The Labute approximate surface area is 109 Å². The van der Waals surface area contributed by atoms with Crippen molar-refractivity contribution >= 4 is 11.6 Å². The first kappa shape index (κ1) is 12.9. The van der Waals surface area contributed by atoms with Gasteiger partial charge in [-0.1, -0.05) is 6.07 Å². The van der Waals surface area contributed by atoms with Gasteiger partial charge in [-0.3, -0.25) is 4.79 Å². The second-order valence-corrected chi connectivity index (χ2v) is 5.51. The Morgan fingerprint density at radius 1 is 1.44 bits per heavy atom. The maximum atomic E-state index is 12.6. The van der Waals surface area contributed by atoms with Gasteiger partial charge in [0, 0.05) is 23.8 Å². The summed E-state index contributed by atoms with van der Waals surface area (Å²) < 4.78 is 0. The number of amides is 1. The van der Waals surface area contributed by atoms with Crippen LogP contribution >= 0.6 is 0 Å². The SMILES string of the molecule is Cc1c(N)cccc1C(=O)N(CC1CC1)C(C)C. The topological polar surface area (TPSA) is 46.3 Å². The summed E-state index contributed by atoms with van der Waals surface area (Å²) in [6.07, 6.45) is 2.51. The summed E-state index contributed by atoms with van der Waals surface area (Å²) in [6.45, 7) is 6.94. The average molecular weight is 246 g/mol. The predicted molar refractivity (Wildman–Crippen MR) is 74.5 cm³/mol. The highest BCUT2D eigenvalue weighted by Crippen LogP contribution is 2.31. The van der Waals surface area contributed by atoms with Gasteiger partial charge in [-0.15, -0.1) is 0 Å². The third-order valence-corrected chi connectivity index (χ3v) is 3.64. The van der Waals surface area contributed by atoms with E-state index in [1.54, 1.807) is 0 Å². The highest BCUT2D eigenvalue weighted by atomic mass is 16.2. The van der Waals surface area contributed by atoms with E-state index < -0.39 is 0 Å². The molecule has 0 saturated heterocycles. The van der Waals surface area contributed by atoms with E-state index in [1.807, 2.05) is 30.0 Å². The summed E-state index contributed by atoms with van der Waals surface area (Å²) >= 11 is 0. The van der Waals surface area contributed by atoms with Crippen molar-refractivity contribution in [2.45, 2.75) is 39.7 Å². The molecule has 2 N–H and O–H groups in total. The Kier molecular flexibility index (Phi) is 3.60. The van der Waals surface area contributed by atoms with Crippen LogP contribution in [0.5, 0.6) is 0 Å². The van der Waals surface area contributed by atoms with Gasteiger partial charge in [0.1, 0.15) is 0 Å². The molecule has 1 aromatic carbocycles. The van der Waals surface area contributed by atoms with Gasteiger partial charge < -0.3 is 10.6 Å². The minimum absolute atomic E-state index is 0.113. The lowest BCUT2D eigenvalue weighted by Gasteiger charge is -2.27. The number of benzene rings is 1. The molecule has 2 rings (SSSR count). The summed E-state index contributed by atoms with van der Waals surface area (Å²) in [5.41, 5.74) is 8.20. The Morgan fingerprint density at radius 3 is 2.67 bits per heavy atom. The average Bonchev–Trinajstić information content (AvgIpc) is 3.12. The molecule has 0 heterocycles. The first-order valence-electron chi connectivity index (χ1n) is 6.66. The van der Waals surface area contributed by atoms with Crippen LogP contribution in [0.15, 0.2) is 18.2 Å². The summed E-state index contributed by atoms with van der Waals surface area (Å²) in [7, 11) is 0. The minimum Gasteiger partial charge on any atom is -0.398 e. The molecule has 0 bridgehead atoms. The smallest absolute Gasteiger partial charge is 0.254 e. The van der Waals surface area contributed by atoms with Crippen molar-refractivity contribution in [2.24, 2.45) is 5.92 Å². The molecule has 0 spiro atoms. The van der Waals surface area contributed by atoms with E-state index in [-0.39, 0.29) is 11.9 Å². The normalized spacial score (nSPS) is 14.9. The van der Waals surface area contributed by atoms with E-state index in [1.165, 1.54) is 12.8 Å². The van der Waals surface area contributed by atoms with E-state index >= 15 is 0 Å². The molecule has 18 heavy (non-hydrogen) atoms. The number of nitrogen functional groups attached to an aromatic ring is 1. The van der Waals surface area contributed by atoms with Crippen LogP contribution < -0.4 is 5.73 Å². The molecule has 0 atom stereocenters. The molecular formula is C15H22N2O. The van der Waals surface area contributed by atoms with Crippen LogP contribution in [0.1, 0.15) is 42.6 Å². The first-order valence-corrected chi connectivity index (χ1v) is 6.66. The lowest BCUT2D eigenvalue weighted by atomic mass is 10.0. The van der Waals surface area contributed by atoms with Gasteiger partial charge in [-0.25, -0.2) is 0 Å². The van der Waals surface area contributed by atoms with Gasteiger partial charge in [0.2, 0.25) is 0 Å². The third kappa shape index (κ3) is 2.66. The standard InChI is InChI=1S/C15H22N2O/c1-10(2)17(9-12-7-8-12)15(18)13-5-4-6-14(16)11(13)3/h4-6,10,12H,7-9,16H2,1-3H3. The molecule has 0 unspecified atom stereocenters. The summed E-state index contributed by atoms with van der Waals surface area (Å²) in [4.78, 5) is 14.6. The molecule has 1 aliphatic carbocycles. The maximum absolute atomic E-state index is 12.6. The lowest BCUT2D eigenvalue weighted by molar-refractivity contribution is 0.0695. The van der Waals surface area contributed by atoms with Crippen LogP contribution in [0.2, 0.25) is 0 Å². The zero-order chi connectivity index (χ0) is 13.3. The van der Waals surface area contributed by atoms with Crippen molar-refractivity contribution in [1.82, 2.24) is 4.90 Å². The zero-order valence-electron chi connectivity index (χ0n) is 11.4. The number of anilines is 1. The Morgan fingerprint density at radius 2 is 2.11 bits per heavy atom. The van der Waals surface area contributed by atoms with Crippen molar-refractivity contribution in [3.05, 3.63) is 29.3 Å². The van der Waals surface area contributed by atoms with Crippen molar-refractivity contribution < 1.29 is 4.79 Å². The van der Waals surface area contributed by atoms with E-state index in [0.717, 1.165) is 17.7 Å². The van der Waals surface area contributed by atoms with Gasteiger partial charge in [0.05, 0.1) is 0 Å². The molecule has 3 nitrogen and oxygen atoms in total. The molecule has 1 aromatic rings. The molecule has 98 valence electrons. The van der Waals surface area contributed by atoms with E-state index in [9.17, 15) is 4.79 Å². The van der Waals surface area contributed by atoms with Gasteiger partial charge in [-0.2, -0.15) is 0 Å². The van der Waals surface area contributed by atoms with Gasteiger partial charge in [0.15, 0.2) is 0 Å². The number of rotatable bonds is 4. The van der Waals surface area contributed by atoms with Crippen molar-refractivity contribution in [1.29, 1.82) is 0 Å². The Balaban J connectivity index is 2.23. The van der Waals surface area contributed by atoms with Crippen molar-refractivity contribution in [2.75, 3.05) is 12.3 Å². The molecule has 3 heteroatoms. The highest BCUT2D eigenvalue weighted by Gasteiger charge is 2.29. The predicted octanol–water partition coefficient (Wildman–Crippen LogP) is 2.84. The van der Waals surface area contributed by atoms with Gasteiger partial charge in [-0.05, 0) is 57.2 Å². The second kappa shape index (κ2) is 5.01. The molecule has 1 amide bonds. The fraction of sp³-hybridized carbons (Fsp3) is 0.533. The van der Waals surface area contributed by atoms with Crippen LogP contribution in [0, 0.1) is 12.8 Å². The number of hydrogen-bond donors (Lipinski definition) is 1. The summed E-state index contributed by atoms with van der Waals surface area (Å²) in [6, 6.07) is 5.80. The van der Waals surface area contributed by atoms with Crippen LogP contribution in [-0.2, 0) is 0 Å². The fourth-order valence-electron chi connectivity index (χ4n) is 2.15. The zero-order valence-corrected chi connectivity index (χ0v) is 11.4. The van der Waals surface area contributed by atoms with E-state index in [4.69, 9.17) is 5.73 Å². The minimum atomic E-state index is 0.113. The first-order chi connectivity index (χ1) is 8.50. The molecule has 1 aliphatic rings. The quantitative estimate of drug-likeness (QED) is 0.830. The number of carbonyl (C=O) groups is 1. The molecule has 0 aliphatic heterocycles. The van der Waals surface area contributed by atoms with Gasteiger partial charge in [0.25, 0.3) is 5.91 Å².